The highest BCUT2D eigenvalue weighted by atomic mass is 16.5. The lowest BCUT2D eigenvalue weighted by molar-refractivity contribution is -0.140. The molecule has 2 aliphatic rings. The fourth-order valence-electron chi connectivity index (χ4n) is 3.79. The van der Waals surface area contributed by atoms with Crippen molar-refractivity contribution in [3.05, 3.63) is 35.4 Å². The number of hydrogen-bond acceptors (Lipinski definition) is 3. The highest BCUT2D eigenvalue weighted by molar-refractivity contribution is 5.77. The van der Waals surface area contributed by atoms with Crippen LogP contribution in [0.3, 0.4) is 0 Å². The Labute approximate surface area is 125 Å². The third-order valence-corrected chi connectivity index (χ3v) is 4.71. The monoisotopic (exact) mass is 289 g/mol. The van der Waals surface area contributed by atoms with Crippen LogP contribution in [0.5, 0.6) is 0 Å². The number of aliphatic carboxylic acids is 1. The molecule has 2 heterocycles. The number of nitrogens with zero attached hydrogens (tertiary/aromatic N) is 1. The number of benzene rings is 1. The van der Waals surface area contributed by atoms with E-state index in [2.05, 4.69) is 24.8 Å². The van der Waals surface area contributed by atoms with Crippen molar-refractivity contribution in [3.8, 4) is 0 Å². The third-order valence-electron chi connectivity index (χ3n) is 4.71. The maximum Gasteiger partial charge on any atom is 0.312 e. The van der Waals surface area contributed by atoms with E-state index >= 15 is 0 Å². The highest BCUT2D eigenvalue weighted by Crippen LogP contribution is 2.33. The topological polar surface area (TPSA) is 49.8 Å². The molecule has 114 valence electrons. The van der Waals surface area contributed by atoms with E-state index in [-0.39, 0.29) is 12.2 Å². The average molecular weight is 289 g/mol. The molecule has 1 aromatic carbocycles. The number of fused-ring (bicyclic) bond motifs is 1. The minimum atomic E-state index is -0.722. The van der Waals surface area contributed by atoms with Crippen molar-refractivity contribution in [1.82, 2.24) is 4.90 Å². The van der Waals surface area contributed by atoms with E-state index in [1.165, 1.54) is 0 Å². The summed E-state index contributed by atoms with van der Waals surface area (Å²) in [6, 6.07) is 8.36. The average Bonchev–Trinajstić information content (AvgIpc) is 2.45. The number of carboxylic acids is 1. The molecule has 21 heavy (non-hydrogen) atoms. The number of ether oxygens (including phenoxy) is 1. The first-order chi connectivity index (χ1) is 10.0. The van der Waals surface area contributed by atoms with Gasteiger partial charge in [-0.2, -0.15) is 0 Å². The quantitative estimate of drug-likeness (QED) is 0.909. The number of rotatable bonds is 2. The van der Waals surface area contributed by atoms with Crippen LogP contribution in [0.1, 0.15) is 43.7 Å². The Balaban J connectivity index is 1.84. The van der Waals surface area contributed by atoms with Gasteiger partial charge in [-0.15, -0.1) is 0 Å². The number of carbonyl (C=O) groups is 1. The molecule has 3 unspecified atom stereocenters. The number of carboxylic acid groups (broad SMARTS) is 1. The van der Waals surface area contributed by atoms with Crippen LogP contribution in [0, 0.1) is 0 Å². The molecule has 0 aromatic heterocycles. The van der Waals surface area contributed by atoms with E-state index in [4.69, 9.17) is 4.74 Å². The first-order valence-corrected chi connectivity index (χ1v) is 7.74. The van der Waals surface area contributed by atoms with Crippen molar-refractivity contribution < 1.29 is 14.6 Å². The van der Waals surface area contributed by atoms with Crippen molar-refractivity contribution in [3.63, 3.8) is 0 Å². The van der Waals surface area contributed by atoms with Crippen LogP contribution in [-0.4, -0.2) is 40.8 Å². The van der Waals surface area contributed by atoms with E-state index in [0.29, 0.717) is 12.6 Å². The second-order valence-corrected chi connectivity index (χ2v) is 6.40. The first-order valence-electron chi connectivity index (χ1n) is 7.74. The predicted octanol–water partition coefficient (Wildman–Crippen LogP) is 2.63. The molecule has 0 radical (unpaired) electrons. The summed E-state index contributed by atoms with van der Waals surface area (Å²) in [4.78, 5) is 14.0. The Hall–Kier alpha value is -1.39. The zero-order valence-electron chi connectivity index (χ0n) is 12.7. The lowest BCUT2D eigenvalue weighted by atomic mass is 9.87. The van der Waals surface area contributed by atoms with Crippen LogP contribution in [0.2, 0.25) is 0 Å². The normalized spacial score (nSPS) is 33.4. The van der Waals surface area contributed by atoms with Gasteiger partial charge in [-0.3, -0.25) is 9.69 Å². The van der Waals surface area contributed by atoms with Gasteiger partial charge in [0.1, 0.15) is 0 Å². The summed E-state index contributed by atoms with van der Waals surface area (Å²) < 4.78 is 5.81. The lowest BCUT2D eigenvalue weighted by Crippen LogP contribution is -2.48. The Bertz CT molecular complexity index is 521. The first kappa shape index (κ1) is 14.5. The highest BCUT2D eigenvalue weighted by Gasteiger charge is 2.36. The van der Waals surface area contributed by atoms with Crippen molar-refractivity contribution in [1.29, 1.82) is 0 Å². The summed E-state index contributed by atoms with van der Waals surface area (Å²) in [5.74, 6) is -1.14. The Morgan fingerprint density at radius 2 is 1.90 bits per heavy atom. The van der Waals surface area contributed by atoms with Gasteiger partial charge in [-0.05, 0) is 37.8 Å². The Morgan fingerprint density at radius 3 is 2.57 bits per heavy atom. The van der Waals surface area contributed by atoms with Gasteiger partial charge >= 0.3 is 5.97 Å². The van der Waals surface area contributed by atoms with Gasteiger partial charge < -0.3 is 9.84 Å². The second-order valence-electron chi connectivity index (χ2n) is 6.40. The molecule has 3 atom stereocenters. The molecule has 0 aliphatic carbocycles. The van der Waals surface area contributed by atoms with Gasteiger partial charge in [0.25, 0.3) is 0 Å². The summed E-state index contributed by atoms with van der Waals surface area (Å²) in [6.45, 7) is 5.67. The van der Waals surface area contributed by atoms with Crippen LogP contribution >= 0.6 is 0 Å². The maximum atomic E-state index is 11.6. The Morgan fingerprint density at radius 1 is 1.24 bits per heavy atom. The predicted molar refractivity (Wildman–Crippen MR) is 80.3 cm³/mol. The molecule has 4 nitrogen and oxygen atoms in total. The Kier molecular flexibility index (Phi) is 4.00. The van der Waals surface area contributed by atoms with Crippen LogP contribution in [0.15, 0.2) is 24.3 Å². The fourth-order valence-corrected chi connectivity index (χ4v) is 3.79. The van der Waals surface area contributed by atoms with Gasteiger partial charge in [-0.25, -0.2) is 0 Å². The maximum absolute atomic E-state index is 11.6. The van der Waals surface area contributed by atoms with Crippen molar-refractivity contribution >= 4 is 5.97 Å². The summed E-state index contributed by atoms with van der Waals surface area (Å²) in [7, 11) is 0. The zero-order chi connectivity index (χ0) is 15.0. The van der Waals surface area contributed by atoms with Crippen molar-refractivity contribution in [2.45, 2.75) is 57.4 Å². The van der Waals surface area contributed by atoms with Crippen molar-refractivity contribution in [2.75, 3.05) is 6.54 Å². The molecule has 2 aliphatic heterocycles. The second kappa shape index (κ2) is 5.78. The zero-order valence-corrected chi connectivity index (χ0v) is 12.7. The lowest BCUT2D eigenvalue weighted by Gasteiger charge is -2.42. The molecule has 3 rings (SSSR count). The smallest absolute Gasteiger partial charge is 0.312 e. The minimum absolute atomic E-state index is 0.249. The van der Waals surface area contributed by atoms with Gasteiger partial charge in [0.15, 0.2) is 0 Å². The van der Waals surface area contributed by atoms with E-state index in [0.717, 1.165) is 30.5 Å². The van der Waals surface area contributed by atoms with E-state index in [1.54, 1.807) is 0 Å². The molecule has 1 aromatic rings. The van der Waals surface area contributed by atoms with Crippen LogP contribution < -0.4 is 0 Å². The molecule has 0 bridgehead atoms. The van der Waals surface area contributed by atoms with Crippen LogP contribution in [-0.2, 0) is 16.1 Å². The number of hydrogen-bond donors (Lipinski definition) is 1. The molecule has 1 N–H and O–H groups in total. The molecule has 0 spiro atoms. The van der Waals surface area contributed by atoms with Gasteiger partial charge in [0.2, 0.25) is 0 Å². The third kappa shape index (κ3) is 2.97. The van der Waals surface area contributed by atoms with Crippen LogP contribution in [0.4, 0.5) is 0 Å². The van der Waals surface area contributed by atoms with Gasteiger partial charge in [-0.1, -0.05) is 24.3 Å². The molecule has 1 saturated heterocycles. The SMILES string of the molecule is CC1CC(N2Cc3ccccc3C(C(=O)O)C2)CC(C)O1. The standard InChI is InChI=1S/C17H23NO3/c1-11-7-14(8-12(2)21-11)18-9-13-5-3-4-6-15(13)16(10-18)17(19)20/h3-6,11-12,14,16H,7-10H2,1-2H3,(H,19,20). The molecule has 0 amide bonds. The molecule has 1 fully saturated rings. The summed E-state index contributed by atoms with van der Waals surface area (Å²) in [5, 5.41) is 9.55. The van der Waals surface area contributed by atoms with Gasteiger partial charge in [0.05, 0.1) is 18.1 Å². The van der Waals surface area contributed by atoms with E-state index in [9.17, 15) is 9.90 Å². The summed E-state index contributed by atoms with van der Waals surface area (Å²) in [5.41, 5.74) is 2.14. The van der Waals surface area contributed by atoms with E-state index in [1.807, 2.05) is 18.2 Å². The van der Waals surface area contributed by atoms with E-state index < -0.39 is 11.9 Å². The molecular formula is C17H23NO3. The van der Waals surface area contributed by atoms with Crippen molar-refractivity contribution in [2.24, 2.45) is 0 Å². The fraction of sp³-hybridized carbons (Fsp3) is 0.588. The molecule has 0 saturated carbocycles. The minimum Gasteiger partial charge on any atom is -0.481 e. The van der Waals surface area contributed by atoms with Crippen LogP contribution in [0.25, 0.3) is 0 Å². The summed E-state index contributed by atoms with van der Waals surface area (Å²) >= 11 is 0. The van der Waals surface area contributed by atoms with Gasteiger partial charge in [0, 0.05) is 19.1 Å². The summed E-state index contributed by atoms with van der Waals surface area (Å²) in [6.07, 6.45) is 2.47. The molecular weight excluding hydrogens is 266 g/mol. The molecule has 4 heteroatoms. The largest absolute Gasteiger partial charge is 0.481 e.